The van der Waals surface area contributed by atoms with Crippen molar-refractivity contribution < 1.29 is 5.11 Å². The van der Waals surface area contributed by atoms with E-state index in [0.29, 0.717) is 0 Å². The first kappa shape index (κ1) is 17.7. The Hall–Kier alpha value is -1.35. The van der Waals surface area contributed by atoms with Crippen LogP contribution in [-0.2, 0) is 0 Å². The molecule has 0 bridgehead atoms. The molecule has 2 aromatic carbocycles. The van der Waals surface area contributed by atoms with E-state index in [4.69, 9.17) is 5.73 Å². The fourth-order valence-corrected chi connectivity index (χ4v) is 2.28. The van der Waals surface area contributed by atoms with Gasteiger partial charge >= 0.3 is 0 Å². The summed E-state index contributed by atoms with van der Waals surface area (Å²) in [6.07, 6.45) is -0.575. The van der Waals surface area contributed by atoms with Gasteiger partial charge in [0.1, 0.15) is 0 Å². The summed E-state index contributed by atoms with van der Waals surface area (Å²) in [6.45, 7) is 6.00. The Kier molecular flexibility index (Phi) is 5.97. The summed E-state index contributed by atoms with van der Waals surface area (Å²) in [7, 11) is 0. The van der Waals surface area contributed by atoms with Crippen molar-refractivity contribution in [1.29, 1.82) is 0 Å². The Labute approximate surface area is 133 Å². The monoisotopic (exact) mass is 305 g/mol. The van der Waals surface area contributed by atoms with Crippen LogP contribution in [0.2, 0.25) is 0 Å². The highest BCUT2D eigenvalue weighted by Gasteiger charge is 2.29. The molecule has 0 aromatic heterocycles. The average Bonchev–Trinajstić information content (AvgIpc) is 2.46. The highest BCUT2D eigenvalue weighted by Crippen LogP contribution is 2.30. The zero-order valence-electron chi connectivity index (χ0n) is 12.8. The predicted octanol–water partition coefficient (Wildman–Crippen LogP) is 4.18. The van der Waals surface area contributed by atoms with E-state index < -0.39 is 6.10 Å². The van der Waals surface area contributed by atoms with Crippen molar-refractivity contribution in [2.45, 2.75) is 32.9 Å². The molecule has 3 heteroatoms. The van der Waals surface area contributed by atoms with Gasteiger partial charge in [-0.1, -0.05) is 69.3 Å². The largest absolute Gasteiger partial charge is 0.391 e. The molecule has 0 saturated carbocycles. The first-order valence-corrected chi connectivity index (χ1v) is 6.98. The van der Waals surface area contributed by atoms with Gasteiger partial charge < -0.3 is 10.8 Å². The van der Waals surface area contributed by atoms with Crippen LogP contribution in [-0.4, -0.2) is 11.2 Å². The molecule has 0 spiro atoms. The van der Waals surface area contributed by atoms with Gasteiger partial charge in [0.2, 0.25) is 0 Å². The Morgan fingerprint density at radius 3 is 2.05 bits per heavy atom. The summed E-state index contributed by atoms with van der Waals surface area (Å²) in [6, 6.07) is 17.9. The second-order valence-electron chi connectivity index (χ2n) is 6.33. The van der Waals surface area contributed by atoms with Crippen molar-refractivity contribution in [1.82, 2.24) is 0 Å². The number of aliphatic hydroxyl groups is 1. The SMILES string of the molecule is CC(C)(C)[C@H](O)[C@H](N)c1cccc(-c2ccccc2)c1.Cl. The molecule has 0 aliphatic rings. The molecule has 21 heavy (non-hydrogen) atoms. The molecule has 0 heterocycles. The van der Waals surface area contributed by atoms with Gasteiger partial charge in [0.15, 0.2) is 0 Å². The number of halogens is 1. The van der Waals surface area contributed by atoms with Gasteiger partial charge in [0, 0.05) is 0 Å². The third-order valence-corrected chi connectivity index (χ3v) is 3.61. The summed E-state index contributed by atoms with van der Waals surface area (Å²) < 4.78 is 0. The van der Waals surface area contributed by atoms with Crippen LogP contribution < -0.4 is 5.73 Å². The van der Waals surface area contributed by atoms with Crippen molar-refractivity contribution >= 4 is 12.4 Å². The minimum absolute atomic E-state index is 0. The molecule has 2 rings (SSSR count). The van der Waals surface area contributed by atoms with Crippen molar-refractivity contribution in [3.63, 3.8) is 0 Å². The summed E-state index contributed by atoms with van der Waals surface area (Å²) in [5, 5.41) is 10.3. The van der Waals surface area contributed by atoms with E-state index in [2.05, 4.69) is 24.3 Å². The number of hydrogen-bond acceptors (Lipinski definition) is 2. The number of rotatable bonds is 3. The molecule has 2 nitrogen and oxygen atoms in total. The highest BCUT2D eigenvalue weighted by atomic mass is 35.5. The van der Waals surface area contributed by atoms with Crippen LogP contribution >= 0.6 is 12.4 Å². The smallest absolute Gasteiger partial charge is 0.0780 e. The molecule has 0 saturated heterocycles. The minimum atomic E-state index is -0.575. The topological polar surface area (TPSA) is 46.2 Å². The molecule has 0 radical (unpaired) electrons. The number of aliphatic hydroxyl groups excluding tert-OH is 1. The summed E-state index contributed by atoms with van der Waals surface area (Å²) in [5.74, 6) is 0. The fourth-order valence-electron chi connectivity index (χ4n) is 2.28. The zero-order valence-corrected chi connectivity index (χ0v) is 13.6. The lowest BCUT2D eigenvalue weighted by atomic mass is 9.82. The van der Waals surface area contributed by atoms with Gasteiger partial charge in [-0.05, 0) is 28.2 Å². The molecule has 2 atom stereocenters. The van der Waals surface area contributed by atoms with E-state index >= 15 is 0 Å². The van der Waals surface area contributed by atoms with E-state index in [1.807, 2.05) is 51.1 Å². The summed E-state index contributed by atoms with van der Waals surface area (Å²) in [4.78, 5) is 0. The molecule has 114 valence electrons. The predicted molar refractivity (Wildman–Crippen MR) is 91.5 cm³/mol. The number of hydrogen-bond donors (Lipinski definition) is 2. The zero-order chi connectivity index (χ0) is 14.8. The Morgan fingerprint density at radius 1 is 0.905 bits per heavy atom. The quantitative estimate of drug-likeness (QED) is 0.893. The average molecular weight is 306 g/mol. The lowest BCUT2D eigenvalue weighted by Gasteiger charge is -2.31. The third kappa shape index (κ3) is 4.31. The number of nitrogens with two attached hydrogens (primary N) is 1. The van der Waals surface area contributed by atoms with Crippen LogP contribution in [0.3, 0.4) is 0 Å². The maximum Gasteiger partial charge on any atom is 0.0780 e. The van der Waals surface area contributed by atoms with Crippen molar-refractivity contribution in [3.8, 4) is 11.1 Å². The third-order valence-electron chi connectivity index (χ3n) is 3.61. The lowest BCUT2D eigenvalue weighted by Crippen LogP contribution is -2.36. The molecule has 0 aliphatic carbocycles. The normalized spacial score (nSPS) is 14.1. The highest BCUT2D eigenvalue weighted by molar-refractivity contribution is 5.85. The molecule has 2 aromatic rings. The molecule has 3 N–H and O–H groups in total. The van der Waals surface area contributed by atoms with Crippen molar-refractivity contribution in [3.05, 3.63) is 60.2 Å². The number of benzene rings is 2. The van der Waals surface area contributed by atoms with E-state index in [0.717, 1.165) is 16.7 Å². The second-order valence-corrected chi connectivity index (χ2v) is 6.33. The maximum absolute atomic E-state index is 10.3. The molecular formula is C18H24ClNO. The lowest BCUT2D eigenvalue weighted by molar-refractivity contribution is 0.0401. The molecule has 0 aliphatic heterocycles. The molecule has 0 amide bonds. The summed E-state index contributed by atoms with van der Waals surface area (Å²) in [5.41, 5.74) is 9.24. The first-order valence-electron chi connectivity index (χ1n) is 6.98. The van der Waals surface area contributed by atoms with Crippen LogP contribution in [0.25, 0.3) is 11.1 Å². The Bertz CT molecular complexity index is 563. The van der Waals surface area contributed by atoms with Crippen LogP contribution in [0, 0.1) is 5.41 Å². The van der Waals surface area contributed by atoms with E-state index in [1.165, 1.54) is 0 Å². The Morgan fingerprint density at radius 2 is 1.48 bits per heavy atom. The van der Waals surface area contributed by atoms with Gasteiger partial charge in [0.25, 0.3) is 0 Å². The van der Waals surface area contributed by atoms with E-state index in [-0.39, 0.29) is 23.9 Å². The van der Waals surface area contributed by atoms with E-state index in [1.54, 1.807) is 0 Å². The van der Waals surface area contributed by atoms with Gasteiger partial charge in [-0.15, -0.1) is 12.4 Å². The van der Waals surface area contributed by atoms with Crippen LogP contribution in [0.15, 0.2) is 54.6 Å². The van der Waals surface area contributed by atoms with Gasteiger partial charge in [-0.2, -0.15) is 0 Å². The fraction of sp³-hybridized carbons (Fsp3) is 0.333. The molecular weight excluding hydrogens is 282 g/mol. The second kappa shape index (κ2) is 7.08. The standard InChI is InChI=1S/C18H23NO.ClH/c1-18(2,3)17(20)16(19)15-11-7-10-14(12-15)13-8-5-4-6-9-13;/h4-12,16-17,20H,19H2,1-3H3;1H/t16-,17-;/m1./s1. The van der Waals surface area contributed by atoms with Crippen LogP contribution in [0.1, 0.15) is 32.4 Å². The van der Waals surface area contributed by atoms with E-state index in [9.17, 15) is 5.11 Å². The van der Waals surface area contributed by atoms with Crippen molar-refractivity contribution in [2.24, 2.45) is 11.1 Å². The van der Waals surface area contributed by atoms with Gasteiger partial charge in [-0.25, -0.2) is 0 Å². The Balaban J connectivity index is 0.00000220. The maximum atomic E-state index is 10.3. The van der Waals surface area contributed by atoms with Crippen molar-refractivity contribution in [2.75, 3.05) is 0 Å². The molecule has 0 unspecified atom stereocenters. The minimum Gasteiger partial charge on any atom is -0.391 e. The molecule has 0 fully saturated rings. The van der Waals surface area contributed by atoms with Crippen LogP contribution in [0.5, 0.6) is 0 Å². The summed E-state index contributed by atoms with van der Waals surface area (Å²) >= 11 is 0. The first-order chi connectivity index (χ1) is 9.39. The van der Waals surface area contributed by atoms with Gasteiger partial charge in [-0.3, -0.25) is 0 Å². The van der Waals surface area contributed by atoms with Crippen LogP contribution in [0.4, 0.5) is 0 Å². The van der Waals surface area contributed by atoms with Gasteiger partial charge in [0.05, 0.1) is 12.1 Å².